The summed E-state index contributed by atoms with van der Waals surface area (Å²) in [5.41, 5.74) is 6.66. The standard InChI is InChI=1S/C11H14BrNO2S/c1-16(14,15)10-4-2-3-9(12)8(10)7-11(13)5-6-11/h2-4H,5-7,13H2,1H3. The predicted molar refractivity (Wildman–Crippen MR) is 67.1 cm³/mol. The minimum Gasteiger partial charge on any atom is -0.325 e. The molecule has 0 unspecified atom stereocenters. The molecule has 0 radical (unpaired) electrons. The van der Waals surface area contributed by atoms with Crippen molar-refractivity contribution in [2.24, 2.45) is 5.73 Å². The summed E-state index contributed by atoms with van der Waals surface area (Å²) >= 11 is 3.40. The lowest BCUT2D eigenvalue weighted by molar-refractivity contribution is 0.597. The molecule has 2 N–H and O–H groups in total. The molecule has 1 aromatic carbocycles. The Hall–Kier alpha value is -0.390. The van der Waals surface area contributed by atoms with E-state index >= 15 is 0 Å². The number of hydrogen-bond acceptors (Lipinski definition) is 3. The van der Waals surface area contributed by atoms with E-state index in [1.165, 1.54) is 6.26 Å². The van der Waals surface area contributed by atoms with Gasteiger partial charge in [-0.2, -0.15) is 0 Å². The summed E-state index contributed by atoms with van der Waals surface area (Å²) in [7, 11) is -3.19. The Balaban J connectivity index is 2.49. The van der Waals surface area contributed by atoms with E-state index < -0.39 is 9.84 Å². The normalized spacial score (nSPS) is 18.4. The summed E-state index contributed by atoms with van der Waals surface area (Å²) in [6.45, 7) is 0. The second-order valence-electron chi connectivity index (χ2n) is 4.53. The largest absolute Gasteiger partial charge is 0.325 e. The monoisotopic (exact) mass is 303 g/mol. The third-order valence-electron chi connectivity index (χ3n) is 2.90. The molecular formula is C11H14BrNO2S. The molecule has 88 valence electrons. The van der Waals surface area contributed by atoms with Crippen LogP contribution in [-0.4, -0.2) is 20.2 Å². The van der Waals surface area contributed by atoms with Gasteiger partial charge < -0.3 is 5.73 Å². The molecule has 1 saturated carbocycles. The van der Waals surface area contributed by atoms with Crippen LogP contribution in [-0.2, 0) is 16.3 Å². The van der Waals surface area contributed by atoms with Crippen LogP contribution in [0.2, 0.25) is 0 Å². The first kappa shape index (κ1) is 12.1. The quantitative estimate of drug-likeness (QED) is 0.927. The predicted octanol–water partition coefficient (Wildman–Crippen LogP) is 1.89. The lowest BCUT2D eigenvalue weighted by atomic mass is 10.1. The molecule has 5 heteroatoms. The molecule has 0 aliphatic heterocycles. The van der Waals surface area contributed by atoms with Crippen LogP contribution in [0, 0.1) is 0 Å². The molecular weight excluding hydrogens is 290 g/mol. The maximum atomic E-state index is 11.7. The van der Waals surface area contributed by atoms with E-state index in [2.05, 4.69) is 15.9 Å². The van der Waals surface area contributed by atoms with E-state index in [1.807, 2.05) is 6.07 Å². The van der Waals surface area contributed by atoms with E-state index in [9.17, 15) is 8.42 Å². The molecule has 0 aromatic heterocycles. The van der Waals surface area contributed by atoms with E-state index in [4.69, 9.17) is 5.73 Å². The van der Waals surface area contributed by atoms with Gasteiger partial charge in [-0.1, -0.05) is 22.0 Å². The molecule has 0 heterocycles. The van der Waals surface area contributed by atoms with Crippen molar-refractivity contribution < 1.29 is 8.42 Å². The zero-order valence-electron chi connectivity index (χ0n) is 9.03. The van der Waals surface area contributed by atoms with Gasteiger partial charge in [-0.25, -0.2) is 8.42 Å². The molecule has 3 nitrogen and oxygen atoms in total. The van der Waals surface area contributed by atoms with Crippen LogP contribution in [0.4, 0.5) is 0 Å². The smallest absolute Gasteiger partial charge is 0.175 e. The third kappa shape index (κ3) is 2.47. The van der Waals surface area contributed by atoms with Crippen molar-refractivity contribution in [2.75, 3.05) is 6.26 Å². The highest BCUT2D eigenvalue weighted by molar-refractivity contribution is 9.10. The number of nitrogens with two attached hydrogens (primary N) is 1. The molecule has 1 aliphatic rings. The highest BCUT2D eigenvalue weighted by Crippen LogP contribution is 2.39. The summed E-state index contributed by atoms with van der Waals surface area (Å²) in [5, 5.41) is 0. The maximum Gasteiger partial charge on any atom is 0.175 e. The van der Waals surface area contributed by atoms with Crippen LogP contribution in [0.25, 0.3) is 0 Å². The Labute approximate surface area is 104 Å². The third-order valence-corrected chi connectivity index (χ3v) is 4.82. The Bertz CT molecular complexity index is 521. The van der Waals surface area contributed by atoms with Gasteiger partial charge in [0.2, 0.25) is 0 Å². The molecule has 0 bridgehead atoms. The fourth-order valence-corrected chi connectivity index (χ4v) is 3.34. The molecule has 16 heavy (non-hydrogen) atoms. The number of halogens is 1. The average Bonchev–Trinajstić information content (AvgIpc) is 2.86. The lowest BCUT2D eigenvalue weighted by Gasteiger charge is -2.14. The molecule has 0 amide bonds. The number of benzene rings is 1. The van der Waals surface area contributed by atoms with Gasteiger partial charge in [-0.05, 0) is 37.0 Å². The molecule has 0 atom stereocenters. The Morgan fingerprint density at radius 1 is 1.44 bits per heavy atom. The Kier molecular flexibility index (Phi) is 2.88. The zero-order valence-corrected chi connectivity index (χ0v) is 11.4. The maximum absolute atomic E-state index is 11.7. The van der Waals surface area contributed by atoms with Gasteiger partial charge in [0.05, 0.1) is 4.90 Å². The summed E-state index contributed by atoms with van der Waals surface area (Å²) in [6.07, 6.45) is 3.79. The van der Waals surface area contributed by atoms with Crippen LogP contribution < -0.4 is 5.73 Å². The molecule has 0 spiro atoms. The minimum atomic E-state index is -3.19. The molecule has 1 aliphatic carbocycles. The molecule has 2 rings (SSSR count). The first-order valence-corrected chi connectivity index (χ1v) is 7.77. The van der Waals surface area contributed by atoms with Crippen molar-refractivity contribution in [2.45, 2.75) is 29.7 Å². The fraction of sp³-hybridized carbons (Fsp3) is 0.455. The molecule has 1 aromatic rings. The van der Waals surface area contributed by atoms with Crippen molar-refractivity contribution in [1.29, 1.82) is 0 Å². The topological polar surface area (TPSA) is 60.2 Å². The molecule has 1 fully saturated rings. The summed E-state index contributed by atoms with van der Waals surface area (Å²) < 4.78 is 24.1. The fourth-order valence-electron chi connectivity index (χ4n) is 1.75. The van der Waals surface area contributed by atoms with Crippen LogP contribution in [0.5, 0.6) is 0 Å². The van der Waals surface area contributed by atoms with Gasteiger partial charge in [0.1, 0.15) is 0 Å². The zero-order chi connectivity index (χ0) is 12.0. The van der Waals surface area contributed by atoms with Gasteiger partial charge in [0, 0.05) is 16.3 Å². The van der Waals surface area contributed by atoms with Crippen LogP contribution in [0.1, 0.15) is 18.4 Å². The summed E-state index contributed by atoms with van der Waals surface area (Å²) in [6, 6.07) is 5.23. The van der Waals surface area contributed by atoms with Crippen molar-refractivity contribution in [1.82, 2.24) is 0 Å². The van der Waals surface area contributed by atoms with Crippen molar-refractivity contribution >= 4 is 25.8 Å². The second-order valence-corrected chi connectivity index (χ2v) is 7.37. The van der Waals surface area contributed by atoms with E-state index in [0.29, 0.717) is 11.3 Å². The highest BCUT2D eigenvalue weighted by atomic mass is 79.9. The Morgan fingerprint density at radius 2 is 2.06 bits per heavy atom. The van der Waals surface area contributed by atoms with Gasteiger partial charge in [-0.3, -0.25) is 0 Å². The van der Waals surface area contributed by atoms with Gasteiger partial charge in [-0.15, -0.1) is 0 Å². The summed E-state index contributed by atoms with van der Waals surface area (Å²) in [4.78, 5) is 0.388. The number of rotatable bonds is 3. The van der Waals surface area contributed by atoms with E-state index in [1.54, 1.807) is 12.1 Å². The molecule has 0 saturated heterocycles. The van der Waals surface area contributed by atoms with Crippen LogP contribution in [0.3, 0.4) is 0 Å². The van der Waals surface area contributed by atoms with Gasteiger partial charge in [0.15, 0.2) is 9.84 Å². The number of sulfone groups is 1. The second kappa shape index (κ2) is 3.82. The van der Waals surface area contributed by atoms with Crippen LogP contribution in [0.15, 0.2) is 27.6 Å². The van der Waals surface area contributed by atoms with Crippen molar-refractivity contribution in [3.63, 3.8) is 0 Å². The van der Waals surface area contributed by atoms with E-state index in [-0.39, 0.29) is 5.54 Å². The first-order valence-electron chi connectivity index (χ1n) is 5.08. The number of hydrogen-bond donors (Lipinski definition) is 1. The first-order chi connectivity index (χ1) is 7.32. The van der Waals surface area contributed by atoms with Crippen molar-refractivity contribution in [3.05, 3.63) is 28.2 Å². The van der Waals surface area contributed by atoms with Crippen molar-refractivity contribution in [3.8, 4) is 0 Å². The van der Waals surface area contributed by atoms with E-state index in [0.717, 1.165) is 22.9 Å². The van der Waals surface area contributed by atoms with Gasteiger partial charge >= 0.3 is 0 Å². The SMILES string of the molecule is CS(=O)(=O)c1cccc(Br)c1CC1(N)CC1. The minimum absolute atomic E-state index is 0.191. The Morgan fingerprint density at radius 3 is 2.56 bits per heavy atom. The highest BCUT2D eigenvalue weighted by Gasteiger charge is 2.39. The lowest BCUT2D eigenvalue weighted by Crippen LogP contribution is -2.25. The summed E-state index contributed by atoms with van der Waals surface area (Å²) in [5.74, 6) is 0. The van der Waals surface area contributed by atoms with Crippen LogP contribution >= 0.6 is 15.9 Å². The van der Waals surface area contributed by atoms with Gasteiger partial charge in [0.25, 0.3) is 0 Å². The average molecular weight is 304 g/mol.